The summed E-state index contributed by atoms with van der Waals surface area (Å²) in [6.45, 7) is 0.672. The third-order valence-electron chi connectivity index (χ3n) is 5.30. The highest BCUT2D eigenvalue weighted by Gasteiger charge is 2.27. The van der Waals surface area contributed by atoms with E-state index in [-0.39, 0.29) is 11.8 Å². The van der Waals surface area contributed by atoms with Crippen molar-refractivity contribution in [1.29, 1.82) is 5.26 Å². The van der Waals surface area contributed by atoms with Crippen LogP contribution >= 0.6 is 22.7 Å². The number of anilines is 1. The minimum absolute atomic E-state index is 0.175. The van der Waals surface area contributed by atoms with Crippen LogP contribution < -0.4 is 10.6 Å². The van der Waals surface area contributed by atoms with E-state index < -0.39 is 6.09 Å². The summed E-state index contributed by atoms with van der Waals surface area (Å²) in [5, 5.41) is 21.8. The van der Waals surface area contributed by atoms with Crippen molar-refractivity contribution in [3.8, 4) is 6.07 Å². The first kappa shape index (κ1) is 22.8. The molecule has 1 unspecified atom stereocenters. The lowest BCUT2D eigenvalue weighted by molar-refractivity contribution is -0.111. The number of carbonyl (C=O) groups is 2. The van der Waals surface area contributed by atoms with E-state index >= 15 is 0 Å². The van der Waals surface area contributed by atoms with Gasteiger partial charge in [-0.15, -0.1) is 22.7 Å². The molecule has 0 aromatic carbocycles. The molecule has 1 atom stereocenters. The highest BCUT2D eigenvalue weighted by molar-refractivity contribution is 7.16. The first-order chi connectivity index (χ1) is 16.0. The Bertz CT molecular complexity index is 1200. The predicted molar refractivity (Wildman–Crippen MR) is 128 cm³/mol. The van der Waals surface area contributed by atoms with Gasteiger partial charge in [0.1, 0.15) is 11.1 Å². The molecule has 1 aliphatic rings. The van der Waals surface area contributed by atoms with Crippen molar-refractivity contribution in [2.45, 2.75) is 25.8 Å². The van der Waals surface area contributed by atoms with Crippen LogP contribution in [0.4, 0.5) is 9.80 Å². The number of nitriles is 1. The summed E-state index contributed by atoms with van der Waals surface area (Å²) in [4.78, 5) is 26.4. The lowest BCUT2D eigenvalue weighted by atomic mass is 9.88. The number of thiophene rings is 2. The SMILES string of the molecule is Cn1cc(CNC(=O)OCC2CCc3c(sc(NC(=O)C=Cc4cccs4)c3C#N)C2)cn1. The van der Waals surface area contributed by atoms with Crippen LogP contribution in [0.5, 0.6) is 0 Å². The summed E-state index contributed by atoms with van der Waals surface area (Å²) in [6, 6.07) is 6.10. The first-order valence-electron chi connectivity index (χ1n) is 10.5. The van der Waals surface area contributed by atoms with Crippen molar-refractivity contribution < 1.29 is 14.3 Å². The molecule has 0 aliphatic heterocycles. The largest absolute Gasteiger partial charge is 0.449 e. The number of nitrogens with zero attached hydrogens (tertiary/aromatic N) is 3. The average molecular weight is 482 g/mol. The van der Waals surface area contributed by atoms with Gasteiger partial charge < -0.3 is 15.4 Å². The molecule has 0 saturated heterocycles. The van der Waals surface area contributed by atoms with Crippen LogP contribution in [-0.2, 0) is 36.0 Å². The fourth-order valence-corrected chi connectivity index (χ4v) is 5.62. The van der Waals surface area contributed by atoms with Crippen molar-refractivity contribution in [2.24, 2.45) is 13.0 Å². The Kier molecular flexibility index (Phi) is 7.22. The van der Waals surface area contributed by atoms with Crippen molar-refractivity contribution in [1.82, 2.24) is 15.1 Å². The Hall–Kier alpha value is -3.42. The number of carbonyl (C=O) groups excluding carboxylic acids is 2. The van der Waals surface area contributed by atoms with Gasteiger partial charge >= 0.3 is 6.09 Å². The summed E-state index contributed by atoms with van der Waals surface area (Å²) in [6.07, 6.45) is 8.56. The molecule has 3 aromatic rings. The molecule has 0 bridgehead atoms. The van der Waals surface area contributed by atoms with Gasteiger partial charge in [0.2, 0.25) is 5.91 Å². The second kappa shape index (κ2) is 10.5. The van der Waals surface area contributed by atoms with E-state index in [9.17, 15) is 14.9 Å². The number of amides is 2. The molecule has 3 heterocycles. The van der Waals surface area contributed by atoms with Gasteiger partial charge in [-0.3, -0.25) is 9.48 Å². The molecule has 0 saturated carbocycles. The second-order valence-electron chi connectivity index (χ2n) is 7.74. The number of fused-ring (bicyclic) bond motifs is 1. The number of hydrogen-bond donors (Lipinski definition) is 2. The molecule has 4 rings (SSSR count). The molecule has 8 nitrogen and oxygen atoms in total. The van der Waals surface area contributed by atoms with Crippen LogP contribution in [0.15, 0.2) is 36.0 Å². The quantitative estimate of drug-likeness (QED) is 0.494. The number of hydrogen-bond acceptors (Lipinski definition) is 7. The lowest BCUT2D eigenvalue weighted by Gasteiger charge is -2.21. The number of ether oxygens (including phenoxy) is 1. The number of nitrogens with one attached hydrogen (secondary N) is 2. The zero-order valence-corrected chi connectivity index (χ0v) is 19.7. The standard InChI is InChI=1S/C23H23N5O3S2/c1-28-13-16(12-26-28)11-25-23(30)31-14-15-4-6-18-19(10-24)22(33-20(18)9-15)27-21(29)7-5-17-3-2-8-32-17/h2-3,5,7-8,12-13,15H,4,6,9,11,14H2,1H3,(H,25,30)(H,27,29). The number of aryl methyl sites for hydroxylation is 1. The zero-order chi connectivity index (χ0) is 23.2. The third-order valence-corrected chi connectivity index (χ3v) is 7.31. The number of aromatic nitrogens is 2. The molecule has 3 aromatic heterocycles. The Morgan fingerprint density at radius 2 is 2.33 bits per heavy atom. The predicted octanol–water partition coefficient (Wildman–Crippen LogP) is 4.10. The Morgan fingerprint density at radius 3 is 3.06 bits per heavy atom. The highest BCUT2D eigenvalue weighted by atomic mass is 32.1. The maximum absolute atomic E-state index is 12.3. The van der Waals surface area contributed by atoms with Gasteiger partial charge in [-0.2, -0.15) is 10.4 Å². The van der Waals surface area contributed by atoms with Gasteiger partial charge in [0.15, 0.2) is 0 Å². The van der Waals surface area contributed by atoms with E-state index in [1.54, 1.807) is 28.3 Å². The van der Waals surface area contributed by atoms with Gasteiger partial charge in [-0.25, -0.2) is 4.79 Å². The highest BCUT2D eigenvalue weighted by Crippen LogP contribution is 2.39. The van der Waals surface area contributed by atoms with E-state index in [4.69, 9.17) is 4.74 Å². The summed E-state index contributed by atoms with van der Waals surface area (Å²) in [7, 11) is 1.82. The van der Waals surface area contributed by atoms with Crippen LogP contribution in [0.2, 0.25) is 0 Å². The number of rotatable bonds is 7. The van der Waals surface area contributed by atoms with Crippen LogP contribution in [0.1, 0.15) is 32.9 Å². The molecule has 33 heavy (non-hydrogen) atoms. The van der Waals surface area contributed by atoms with E-state index in [0.29, 0.717) is 30.1 Å². The monoisotopic (exact) mass is 481 g/mol. The molecule has 2 N–H and O–H groups in total. The van der Waals surface area contributed by atoms with Crippen LogP contribution in [-0.4, -0.2) is 28.4 Å². The molecule has 10 heteroatoms. The lowest BCUT2D eigenvalue weighted by Crippen LogP contribution is -2.27. The maximum Gasteiger partial charge on any atom is 0.407 e. The van der Waals surface area contributed by atoms with E-state index in [1.165, 1.54) is 17.4 Å². The van der Waals surface area contributed by atoms with Gasteiger partial charge in [0, 0.05) is 41.2 Å². The first-order valence-corrected chi connectivity index (χ1v) is 12.2. The smallest absolute Gasteiger partial charge is 0.407 e. The van der Waals surface area contributed by atoms with Crippen LogP contribution in [0.3, 0.4) is 0 Å². The molecule has 0 spiro atoms. The summed E-state index contributed by atoms with van der Waals surface area (Å²) >= 11 is 2.98. The van der Waals surface area contributed by atoms with E-state index in [1.807, 2.05) is 30.8 Å². The topological polar surface area (TPSA) is 109 Å². The Balaban J connectivity index is 1.31. The Morgan fingerprint density at radius 1 is 1.45 bits per heavy atom. The van der Waals surface area contributed by atoms with Gasteiger partial charge in [-0.1, -0.05) is 6.07 Å². The van der Waals surface area contributed by atoms with Crippen molar-refractivity contribution in [3.63, 3.8) is 0 Å². The van der Waals surface area contributed by atoms with Gasteiger partial charge in [0.05, 0.1) is 18.4 Å². The molecule has 2 amide bonds. The van der Waals surface area contributed by atoms with Gasteiger partial charge in [-0.05, 0) is 48.3 Å². The maximum atomic E-state index is 12.3. The van der Waals surface area contributed by atoms with Crippen LogP contribution in [0, 0.1) is 17.2 Å². The fourth-order valence-electron chi connectivity index (χ4n) is 3.68. The van der Waals surface area contributed by atoms with Crippen molar-refractivity contribution >= 4 is 45.8 Å². The van der Waals surface area contributed by atoms with Crippen molar-refractivity contribution in [2.75, 3.05) is 11.9 Å². The summed E-state index contributed by atoms with van der Waals surface area (Å²) in [5.41, 5.74) is 2.44. The van der Waals surface area contributed by atoms with Crippen molar-refractivity contribution in [3.05, 3.63) is 62.4 Å². The molecule has 1 aliphatic carbocycles. The van der Waals surface area contributed by atoms with E-state index in [0.717, 1.165) is 33.7 Å². The minimum atomic E-state index is -0.459. The van der Waals surface area contributed by atoms with Crippen LogP contribution in [0.25, 0.3) is 6.08 Å². The third kappa shape index (κ3) is 5.88. The number of alkyl carbamates (subject to hydrolysis) is 1. The second-order valence-corrected chi connectivity index (χ2v) is 9.83. The fraction of sp³-hybridized carbons (Fsp3) is 0.304. The molecular weight excluding hydrogens is 458 g/mol. The molecule has 0 fully saturated rings. The normalized spacial score (nSPS) is 15.1. The van der Waals surface area contributed by atoms with E-state index in [2.05, 4.69) is 21.8 Å². The minimum Gasteiger partial charge on any atom is -0.449 e. The summed E-state index contributed by atoms with van der Waals surface area (Å²) in [5.74, 6) is -0.0854. The molecule has 0 radical (unpaired) electrons. The van der Waals surface area contributed by atoms with Gasteiger partial charge in [0.25, 0.3) is 0 Å². The molecule has 170 valence electrons. The summed E-state index contributed by atoms with van der Waals surface area (Å²) < 4.78 is 7.08. The molecular formula is C23H23N5O3S2. The average Bonchev–Trinajstić information content (AvgIpc) is 3.54. The zero-order valence-electron chi connectivity index (χ0n) is 18.0. The Labute approximate surface area is 199 Å².